The van der Waals surface area contributed by atoms with Gasteiger partial charge in [-0.05, 0) is 141 Å². The van der Waals surface area contributed by atoms with Gasteiger partial charge in [-0.25, -0.2) is 0 Å². The smallest absolute Gasteiger partial charge is 0.0620 e. The van der Waals surface area contributed by atoms with E-state index < -0.39 is 0 Å². The van der Waals surface area contributed by atoms with Crippen molar-refractivity contribution < 1.29 is 0 Å². The maximum Gasteiger partial charge on any atom is 0.0620 e. The fraction of sp³-hybridized carbons (Fsp3) is 0.205. The van der Waals surface area contributed by atoms with Crippen molar-refractivity contribution in [2.45, 2.75) is 105 Å². The predicted octanol–water partition coefficient (Wildman–Crippen LogP) is 22.3. The van der Waals surface area contributed by atoms with Crippen LogP contribution < -0.4 is 9.80 Å². The molecule has 2 heterocycles. The summed E-state index contributed by atoms with van der Waals surface area (Å²) in [5.74, 6) is 0. The molecule has 4 heteroatoms. The van der Waals surface area contributed by atoms with Crippen LogP contribution in [0.1, 0.15) is 105 Å². The third-order valence-electron chi connectivity index (χ3n) is 17.1. The molecule has 0 fully saturated rings. The second-order valence-corrected chi connectivity index (χ2v) is 26.8. The first-order valence-electron chi connectivity index (χ1n) is 29.3. The maximum absolute atomic E-state index is 2.56. The van der Waals surface area contributed by atoms with E-state index >= 15 is 0 Å². The van der Waals surface area contributed by atoms with E-state index in [2.05, 4.69) is 333 Å². The van der Waals surface area contributed by atoms with Gasteiger partial charge in [0.2, 0.25) is 0 Å². The second-order valence-electron chi connectivity index (χ2n) is 26.8. The first-order valence-corrected chi connectivity index (χ1v) is 29.3. The molecule has 4 nitrogen and oxygen atoms in total. The third-order valence-corrected chi connectivity index (χ3v) is 17.1. The summed E-state index contributed by atoms with van der Waals surface area (Å²) >= 11 is 0. The zero-order valence-electron chi connectivity index (χ0n) is 49.7. The van der Waals surface area contributed by atoms with Crippen LogP contribution in [0.4, 0.5) is 34.1 Å². The minimum atomic E-state index is -0.147. The lowest BCUT2D eigenvalue weighted by Crippen LogP contribution is -2.18. The Balaban J connectivity index is 1.15. The minimum Gasteiger partial charge on any atom is -0.309 e. The normalized spacial score (nSPS) is 12.6. The first kappa shape index (κ1) is 52.5. The summed E-state index contributed by atoms with van der Waals surface area (Å²) in [6.07, 6.45) is 0. The SMILES string of the molecule is CC(C)(C)c1ccc(N(c2cccc(-n3c4ccccc4c4ccccc43)c2)c2c3ccc(C(C)(C)C)cc3c(N(c3ccc(C(C)(C)C)cc3)c3cccc(-n4c5ccccc5c5ccccc54)c3)c3ccc(C(C)(C)C)cc23)cc1. The summed E-state index contributed by atoms with van der Waals surface area (Å²) in [5, 5.41) is 9.66. The van der Waals surface area contributed by atoms with Crippen molar-refractivity contribution in [1.29, 1.82) is 0 Å². The lowest BCUT2D eigenvalue weighted by molar-refractivity contribution is 0.590. The van der Waals surface area contributed by atoms with Crippen LogP contribution in [0.2, 0.25) is 0 Å². The van der Waals surface area contributed by atoms with Gasteiger partial charge in [-0.3, -0.25) is 0 Å². The molecule has 0 bridgehead atoms. The summed E-state index contributed by atoms with van der Waals surface area (Å²) in [4.78, 5) is 5.12. The maximum atomic E-state index is 2.56. The monoisotopic (exact) mass is 1070 g/mol. The zero-order valence-corrected chi connectivity index (χ0v) is 49.7. The molecular weight excluding hydrogens is 993 g/mol. The van der Waals surface area contributed by atoms with Crippen molar-refractivity contribution >= 4 is 99.3 Å². The Bertz CT molecular complexity index is 4190. The van der Waals surface area contributed by atoms with Crippen LogP contribution in [0.3, 0.4) is 0 Å². The molecule has 82 heavy (non-hydrogen) atoms. The molecule has 13 aromatic rings. The van der Waals surface area contributed by atoms with Crippen LogP contribution in [0.5, 0.6) is 0 Å². The molecule has 0 aliphatic heterocycles. The van der Waals surface area contributed by atoms with Gasteiger partial charge < -0.3 is 18.9 Å². The highest BCUT2D eigenvalue weighted by Crippen LogP contribution is 2.53. The number of aromatic nitrogens is 2. The molecule has 0 aliphatic carbocycles. The van der Waals surface area contributed by atoms with Gasteiger partial charge in [0.1, 0.15) is 0 Å². The number of para-hydroxylation sites is 4. The van der Waals surface area contributed by atoms with Crippen molar-refractivity contribution in [2.75, 3.05) is 9.80 Å². The third kappa shape index (κ3) is 9.01. The van der Waals surface area contributed by atoms with Gasteiger partial charge in [0.25, 0.3) is 0 Å². The Morgan fingerprint density at radius 2 is 0.524 bits per heavy atom. The number of rotatable bonds is 8. The Morgan fingerprint density at radius 1 is 0.232 bits per heavy atom. The van der Waals surface area contributed by atoms with Gasteiger partial charge in [0, 0.05) is 77.2 Å². The average molecular weight is 1070 g/mol. The molecule has 0 unspecified atom stereocenters. The molecule has 2 aromatic heterocycles. The van der Waals surface area contributed by atoms with Crippen molar-refractivity contribution in [3.05, 3.63) is 253 Å². The average Bonchev–Trinajstić information content (AvgIpc) is 2.17. The van der Waals surface area contributed by atoms with Crippen molar-refractivity contribution in [1.82, 2.24) is 9.13 Å². The van der Waals surface area contributed by atoms with Crippen LogP contribution in [0.25, 0.3) is 76.5 Å². The van der Waals surface area contributed by atoms with Gasteiger partial charge in [-0.1, -0.05) is 217 Å². The molecule has 406 valence electrons. The van der Waals surface area contributed by atoms with E-state index in [4.69, 9.17) is 0 Å². The molecule has 0 amide bonds. The van der Waals surface area contributed by atoms with Gasteiger partial charge in [-0.2, -0.15) is 0 Å². The summed E-state index contributed by atoms with van der Waals surface area (Å²) in [6, 6.07) is 87.1. The molecule has 0 spiro atoms. The predicted molar refractivity (Wildman–Crippen MR) is 354 cm³/mol. The van der Waals surface area contributed by atoms with Crippen LogP contribution in [-0.2, 0) is 21.7 Å². The number of benzene rings is 11. The number of anilines is 6. The number of fused-ring (bicyclic) bond motifs is 8. The van der Waals surface area contributed by atoms with Crippen molar-refractivity contribution in [3.8, 4) is 11.4 Å². The van der Waals surface area contributed by atoms with Crippen LogP contribution >= 0.6 is 0 Å². The van der Waals surface area contributed by atoms with E-state index in [0.29, 0.717) is 0 Å². The lowest BCUT2D eigenvalue weighted by Gasteiger charge is -2.35. The number of hydrogen-bond donors (Lipinski definition) is 0. The molecule has 13 rings (SSSR count). The largest absolute Gasteiger partial charge is 0.309 e. The fourth-order valence-corrected chi connectivity index (χ4v) is 12.6. The molecule has 0 saturated heterocycles. The summed E-state index contributed by atoms with van der Waals surface area (Å²) in [7, 11) is 0. The van der Waals surface area contributed by atoms with E-state index in [0.717, 1.165) is 45.5 Å². The molecule has 0 aliphatic rings. The van der Waals surface area contributed by atoms with Gasteiger partial charge in [0.05, 0.1) is 33.4 Å². The van der Waals surface area contributed by atoms with Crippen LogP contribution in [0, 0.1) is 0 Å². The molecule has 11 aromatic carbocycles. The van der Waals surface area contributed by atoms with Crippen molar-refractivity contribution in [3.63, 3.8) is 0 Å². The number of hydrogen-bond acceptors (Lipinski definition) is 2. The highest BCUT2D eigenvalue weighted by Gasteiger charge is 2.30. The molecular formula is C78H74N4. The quantitative estimate of drug-likeness (QED) is 0.111. The molecule has 0 saturated carbocycles. The standard InChI is InChI=1S/C78H74N4/c1-75(2,3)51-35-41-55(42-36-51)79(57-23-21-25-59(49-57)81-69-31-17-13-27-61(69)62-28-14-18-32-70(62)81)73-65-45-39-54(78(10,11)12)48-68(65)74(66-46-40-53(47-67(66)73)77(7,8)9)80(56-43-37-52(38-44-56)76(4,5)6)58-24-22-26-60(50-58)82-71-33-19-15-29-63(71)64-30-16-20-34-72(64)82/h13-50H,1-12H3. The summed E-state index contributed by atoms with van der Waals surface area (Å²) in [6.45, 7) is 27.9. The van der Waals surface area contributed by atoms with Crippen LogP contribution in [-0.4, -0.2) is 9.13 Å². The van der Waals surface area contributed by atoms with Gasteiger partial charge in [-0.15, -0.1) is 0 Å². The second kappa shape index (κ2) is 19.4. The van der Waals surface area contributed by atoms with E-state index in [1.54, 1.807) is 0 Å². The van der Waals surface area contributed by atoms with E-state index in [9.17, 15) is 0 Å². The highest BCUT2D eigenvalue weighted by atomic mass is 15.2. The van der Waals surface area contributed by atoms with Gasteiger partial charge >= 0.3 is 0 Å². The van der Waals surface area contributed by atoms with Crippen LogP contribution in [0.15, 0.2) is 231 Å². The first-order chi connectivity index (χ1) is 39.2. The molecule has 0 atom stereocenters. The van der Waals surface area contributed by atoms with Crippen molar-refractivity contribution in [2.24, 2.45) is 0 Å². The summed E-state index contributed by atoms with van der Waals surface area (Å²) in [5.41, 5.74) is 18.4. The Kier molecular flexibility index (Phi) is 12.4. The fourth-order valence-electron chi connectivity index (χ4n) is 12.6. The lowest BCUT2D eigenvalue weighted by atomic mass is 9.82. The highest BCUT2D eigenvalue weighted by molar-refractivity contribution is 6.24. The zero-order chi connectivity index (χ0) is 57.0. The Hall–Kier alpha value is -8.86. The molecule has 0 N–H and O–H groups in total. The Morgan fingerprint density at radius 3 is 0.829 bits per heavy atom. The van der Waals surface area contributed by atoms with E-state index in [1.165, 1.54) is 87.4 Å². The topological polar surface area (TPSA) is 16.3 Å². The van der Waals surface area contributed by atoms with Gasteiger partial charge in [0.15, 0.2) is 0 Å². The minimum absolute atomic E-state index is 0.0286. The van der Waals surface area contributed by atoms with E-state index in [1.807, 2.05) is 0 Å². The number of nitrogens with zero attached hydrogens (tertiary/aromatic N) is 4. The molecule has 0 radical (unpaired) electrons. The Labute approximate surface area is 484 Å². The summed E-state index contributed by atoms with van der Waals surface area (Å²) < 4.78 is 4.88. The van der Waals surface area contributed by atoms with E-state index in [-0.39, 0.29) is 21.7 Å².